The van der Waals surface area contributed by atoms with Gasteiger partial charge in [-0.25, -0.2) is 4.68 Å². The van der Waals surface area contributed by atoms with E-state index in [1.807, 2.05) is 59.4 Å². The van der Waals surface area contributed by atoms with Gasteiger partial charge in [-0.3, -0.25) is 4.79 Å². The second-order valence-electron chi connectivity index (χ2n) is 4.22. The summed E-state index contributed by atoms with van der Waals surface area (Å²) in [5, 5.41) is 5.46. The lowest BCUT2D eigenvalue weighted by Crippen LogP contribution is -1.99. The molecule has 0 fully saturated rings. The first-order valence-corrected chi connectivity index (χ1v) is 5.80. The molecule has 88 valence electrons. The van der Waals surface area contributed by atoms with E-state index < -0.39 is 0 Å². The largest absolute Gasteiger partial charge is 0.295 e. The Hall–Kier alpha value is -2.42. The van der Waals surface area contributed by atoms with Gasteiger partial charge in [-0.2, -0.15) is 5.10 Å². The van der Waals surface area contributed by atoms with E-state index in [9.17, 15) is 4.79 Å². The number of para-hydroxylation sites is 1. The number of ketones is 1. The molecule has 0 amide bonds. The number of benzene rings is 2. The van der Waals surface area contributed by atoms with E-state index in [2.05, 4.69) is 5.10 Å². The van der Waals surface area contributed by atoms with Crippen molar-refractivity contribution in [1.29, 1.82) is 0 Å². The lowest BCUT2D eigenvalue weighted by Gasteiger charge is -2.04. The summed E-state index contributed by atoms with van der Waals surface area (Å²) >= 11 is 0. The number of carbonyl (C=O) groups excluding carboxylic acids is 1. The van der Waals surface area contributed by atoms with E-state index in [-0.39, 0.29) is 5.78 Å². The average Bonchev–Trinajstić information content (AvgIpc) is 2.82. The predicted octanol–water partition coefficient (Wildman–Crippen LogP) is 3.23. The van der Waals surface area contributed by atoms with Crippen molar-refractivity contribution in [2.24, 2.45) is 0 Å². The SMILES string of the molecule is CC(=O)c1cccc(-n2ncc3ccccc32)c1. The van der Waals surface area contributed by atoms with Gasteiger partial charge in [-0.05, 0) is 25.1 Å². The smallest absolute Gasteiger partial charge is 0.159 e. The third kappa shape index (κ3) is 1.70. The molecule has 0 spiro atoms. The minimum absolute atomic E-state index is 0.0633. The van der Waals surface area contributed by atoms with Crippen LogP contribution in [0.25, 0.3) is 16.6 Å². The fourth-order valence-electron chi connectivity index (χ4n) is 2.03. The minimum atomic E-state index is 0.0633. The minimum Gasteiger partial charge on any atom is -0.295 e. The van der Waals surface area contributed by atoms with Gasteiger partial charge in [0.2, 0.25) is 0 Å². The normalized spacial score (nSPS) is 10.7. The Morgan fingerprint density at radius 2 is 1.94 bits per heavy atom. The number of Topliss-reactive ketones (excluding diaryl/α,β-unsaturated/α-hetero) is 1. The van der Waals surface area contributed by atoms with Crippen LogP contribution < -0.4 is 0 Å². The Balaban J connectivity index is 2.20. The fourth-order valence-corrected chi connectivity index (χ4v) is 2.03. The molecule has 0 aliphatic rings. The van der Waals surface area contributed by atoms with E-state index in [1.165, 1.54) is 0 Å². The highest BCUT2D eigenvalue weighted by atomic mass is 16.1. The number of hydrogen-bond acceptors (Lipinski definition) is 2. The maximum atomic E-state index is 11.4. The molecule has 1 aromatic heterocycles. The maximum Gasteiger partial charge on any atom is 0.159 e. The van der Waals surface area contributed by atoms with E-state index in [4.69, 9.17) is 0 Å². The Morgan fingerprint density at radius 3 is 2.78 bits per heavy atom. The molecular weight excluding hydrogens is 224 g/mol. The molecule has 3 aromatic rings. The molecule has 3 heteroatoms. The lowest BCUT2D eigenvalue weighted by molar-refractivity contribution is 0.101. The number of nitrogens with zero attached hydrogens (tertiary/aromatic N) is 2. The zero-order chi connectivity index (χ0) is 12.5. The summed E-state index contributed by atoms with van der Waals surface area (Å²) in [7, 11) is 0. The van der Waals surface area contributed by atoms with E-state index in [0.29, 0.717) is 5.56 Å². The van der Waals surface area contributed by atoms with Gasteiger partial charge in [-0.1, -0.05) is 30.3 Å². The Kier molecular flexibility index (Phi) is 2.45. The molecule has 0 aliphatic heterocycles. The highest BCUT2D eigenvalue weighted by Gasteiger charge is 2.06. The second-order valence-corrected chi connectivity index (χ2v) is 4.22. The molecule has 0 saturated heterocycles. The van der Waals surface area contributed by atoms with Crippen LogP contribution in [0.2, 0.25) is 0 Å². The van der Waals surface area contributed by atoms with Gasteiger partial charge in [0.25, 0.3) is 0 Å². The van der Waals surface area contributed by atoms with Gasteiger partial charge < -0.3 is 0 Å². The molecule has 0 N–H and O–H groups in total. The summed E-state index contributed by atoms with van der Waals surface area (Å²) in [6, 6.07) is 15.5. The quantitative estimate of drug-likeness (QED) is 0.640. The fraction of sp³-hybridized carbons (Fsp3) is 0.0667. The topological polar surface area (TPSA) is 34.9 Å². The van der Waals surface area contributed by atoms with E-state index in [0.717, 1.165) is 16.6 Å². The van der Waals surface area contributed by atoms with Crippen molar-refractivity contribution in [2.45, 2.75) is 6.92 Å². The number of hydrogen-bond donors (Lipinski definition) is 0. The third-order valence-electron chi connectivity index (χ3n) is 2.97. The zero-order valence-corrected chi connectivity index (χ0v) is 10.00. The van der Waals surface area contributed by atoms with Crippen LogP contribution in [0.4, 0.5) is 0 Å². The monoisotopic (exact) mass is 236 g/mol. The van der Waals surface area contributed by atoms with Crippen LogP contribution in [0.5, 0.6) is 0 Å². The van der Waals surface area contributed by atoms with Crippen molar-refractivity contribution in [2.75, 3.05) is 0 Å². The van der Waals surface area contributed by atoms with Crippen molar-refractivity contribution in [3.05, 3.63) is 60.3 Å². The van der Waals surface area contributed by atoms with Crippen molar-refractivity contribution in [3.63, 3.8) is 0 Å². The molecule has 3 nitrogen and oxygen atoms in total. The first-order valence-electron chi connectivity index (χ1n) is 5.80. The molecule has 0 radical (unpaired) electrons. The molecule has 0 atom stereocenters. The van der Waals surface area contributed by atoms with Crippen LogP contribution in [0.15, 0.2) is 54.7 Å². The number of carbonyl (C=O) groups is 1. The van der Waals surface area contributed by atoms with Crippen LogP contribution in [-0.4, -0.2) is 15.6 Å². The summed E-state index contributed by atoms with van der Waals surface area (Å²) in [5.74, 6) is 0.0633. The van der Waals surface area contributed by atoms with Crippen LogP contribution in [0, 0.1) is 0 Å². The molecule has 0 saturated carbocycles. The van der Waals surface area contributed by atoms with Gasteiger partial charge in [0.05, 0.1) is 17.4 Å². The van der Waals surface area contributed by atoms with Gasteiger partial charge in [0.1, 0.15) is 0 Å². The standard InChI is InChI=1S/C15H12N2O/c1-11(18)12-6-4-7-14(9-12)17-15-8-3-2-5-13(15)10-16-17/h2-10H,1H3. The van der Waals surface area contributed by atoms with Gasteiger partial charge >= 0.3 is 0 Å². The molecule has 0 bridgehead atoms. The van der Waals surface area contributed by atoms with Crippen molar-refractivity contribution in [3.8, 4) is 5.69 Å². The van der Waals surface area contributed by atoms with Gasteiger partial charge in [-0.15, -0.1) is 0 Å². The number of rotatable bonds is 2. The highest BCUT2D eigenvalue weighted by Crippen LogP contribution is 2.18. The summed E-state index contributed by atoms with van der Waals surface area (Å²) in [6.45, 7) is 1.57. The Labute approximate surface area is 105 Å². The van der Waals surface area contributed by atoms with Gasteiger partial charge in [0.15, 0.2) is 5.78 Å². The molecule has 3 rings (SSSR count). The number of fused-ring (bicyclic) bond motifs is 1. The molecule has 0 aliphatic carbocycles. The van der Waals surface area contributed by atoms with Crippen molar-refractivity contribution < 1.29 is 4.79 Å². The maximum absolute atomic E-state index is 11.4. The lowest BCUT2D eigenvalue weighted by atomic mass is 10.1. The summed E-state index contributed by atoms with van der Waals surface area (Å²) < 4.78 is 1.85. The summed E-state index contributed by atoms with van der Waals surface area (Å²) in [6.07, 6.45) is 1.83. The molecule has 2 aromatic carbocycles. The molecule has 18 heavy (non-hydrogen) atoms. The van der Waals surface area contributed by atoms with Crippen molar-refractivity contribution in [1.82, 2.24) is 9.78 Å². The Bertz CT molecular complexity index is 728. The second kappa shape index (κ2) is 4.11. The summed E-state index contributed by atoms with van der Waals surface area (Å²) in [4.78, 5) is 11.4. The zero-order valence-electron chi connectivity index (χ0n) is 10.00. The van der Waals surface area contributed by atoms with Gasteiger partial charge in [0, 0.05) is 10.9 Å². The molecular formula is C15H12N2O. The summed E-state index contributed by atoms with van der Waals surface area (Å²) in [5.41, 5.74) is 2.65. The molecule has 1 heterocycles. The van der Waals surface area contributed by atoms with E-state index >= 15 is 0 Å². The average molecular weight is 236 g/mol. The van der Waals surface area contributed by atoms with Crippen LogP contribution in [-0.2, 0) is 0 Å². The Morgan fingerprint density at radius 1 is 1.11 bits per heavy atom. The predicted molar refractivity (Wildman–Crippen MR) is 71.1 cm³/mol. The van der Waals surface area contributed by atoms with E-state index in [1.54, 1.807) is 6.92 Å². The highest BCUT2D eigenvalue weighted by molar-refractivity contribution is 5.94. The first kappa shape index (κ1) is 10.7. The van der Waals surface area contributed by atoms with Crippen molar-refractivity contribution >= 4 is 16.7 Å². The third-order valence-corrected chi connectivity index (χ3v) is 2.97. The van der Waals surface area contributed by atoms with Crippen LogP contribution >= 0.6 is 0 Å². The number of aromatic nitrogens is 2. The van der Waals surface area contributed by atoms with Crippen LogP contribution in [0.1, 0.15) is 17.3 Å². The van der Waals surface area contributed by atoms with Crippen LogP contribution in [0.3, 0.4) is 0 Å². The first-order chi connectivity index (χ1) is 8.75. The molecule has 0 unspecified atom stereocenters.